The Bertz CT molecular complexity index is 345. The van der Waals surface area contributed by atoms with Gasteiger partial charge in [-0.2, -0.15) is 0 Å². The maximum atomic E-state index is 12.2. The van der Waals surface area contributed by atoms with Gasteiger partial charge in [-0.3, -0.25) is 10.1 Å². The summed E-state index contributed by atoms with van der Waals surface area (Å²) in [5.74, 6) is -0.166. The van der Waals surface area contributed by atoms with Crippen molar-refractivity contribution in [1.82, 2.24) is 10.2 Å². The molecule has 1 heterocycles. The summed E-state index contributed by atoms with van der Waals surface area (Å²) in [6, 6.07) is 0.623. The lowest BCUT2D eigenvalue weighted by Gasteiger charge is -2.42. The number of piperidine rings is 1. The number of nitrogens with one attached hydrogen (secondary N) is 1. The Balaban J connectivity index is 2.68. The molecule has 0 aromatic heterocycles. The molecule has 2 atom stereocenters. The topological polar surface area (TPSA) is 41.6 Å². The van der Waals surface area contributed by atoms with E-state index in [1.165, 1.54) is 20.0 Å². The van der Waals surface area contributed by atoms with Crippen LogP contribution in [0.15, 0.2) is 0 Å². The molecule has 1 aliphatic heterocycles. The highest BCUT2D eigenvalue weighted by Gasteiger charge is 2.38. The maximum absolute atomic E-state index is 12.2. The molecule has 0 aromatic carbocycles. The predicted octanol–water partition coefficient (Wildman–Crippen LogP) is 2.82. The summed E-state index contributed by atoms with van der Waals surface area (Å²) in [6.07, 6.45) is 3.23. The number of likely N-dealkylation sites (tertiary alicyclic amines) is 1. The molecule has 0 radical (unpaired) electrons. The number of esters is 1. The summed E-state index contributed by atoms with van der Waals surface area (Å²) in [5.41, 5.74) is -0.159. The van der Waals surface area contributed by atoms with Gasteiger partial charge in [-0.1, -0.05) is 13.8 Å². The molecule has 1 fully saturated rings. The van der Waals surface area contributed by atoms with E-state index >= 15 is 0 Å². The summed E-state index contributed by atoms with van der Waals surface area (Å²) >= 11 is 0. The van der Waals surface area contributed by atoms with E-state index in [-0.39, 0.29) is 12.0 Å². The third-order valence-electron chi connectivity index (χ3n) is 4.72. The zero-order valence-corrected chi connectivity index (χ0v) is 15.0. The van der Waals surface area contributed by atoms with Gasteiger partial charge in [-0.05, 0) is 65.5 Å². The van der Waals surface area contributed by atoms with Gasteiger partial charge in [-0.25, -0.2) is 0 Å². The van der Waals surface area contributed by atoms with Crippen molar-refractivity contribution >= 4 is 5.97 Å². The Morgan fingerprint density at radius 1 is 1.29 bits per heavy atom. The number of ether oxygens (including phenoxy) is 1. The van der Waals surface area contributed by atoms with Crippen molar-refractivity contribution in [2.24, 2.45) is 5.41 Å². The minimum Gasteiger partial charge on any atom is -0.468 e. The fraction of sp³-hybridized carbons (Fsp3) is 0.941. The van der Waals surface area contributed by atoms with Crippen molar-refractivity contribution in [3.63, 3.8) is 0 Å². The molecule has 2 unspecified atom stereocenters. The smallest absolute Gasteiger partial charge is 0.325 e. The lowest BCUT2D eigenvalue weighted by molar-refractivity contribution is -0.149. The third-order valence-corrected chi connectivity index (χ3v) is 4.72. The van der Waals surface area contributed by atoms with Crippen molar-refractivity contribution in [1.29, 1.82) is 0 Å². The van der Waals surface area contributed by atoms with Gasteiger partial charge in [0.05, 0.1) is 7.11 Å². The van der Waals surface area contributed by atoms with Gasteiger partial charge < -0.3 is 9.64 Å². The van der Waals surface area contributed by atoms with Gasteiger partial charge in [0.2, 0.25) is 0 Å². The van der Waals surface area contributed by atoms with Crippen molar-refractivity contribution in [2.45, 2.75) is 78.4 Å². The van der Waals surface area contributed by atoms with E-state index in [9.17, 15) is 4.79 Å². The minimum atomic E-state index is -0.616. The van der Waals surface area contributed by atoms with Gasteiger partial charge in [-0.15, -0.1) is 0 Å². The van der Waals surface area contributed by atoms with Crippen molar-refractivity contribution < 1.29 is 9.53 Å². The van der Waals surface area contributed by atoms with Gasteiger partial charge >= 0.3 is 5.97 Å². The summed E-state index contributed by atoms with van der Waals surface area (Å²) in [6.45, 7) is 15.2. The number of methoxy groups -OCH3 is 1. The number of carbonyl (C=O) groups is 1. The second-order valence-corrected chi connectivity index (χ2v) is 7.88. The SMILES string of the molecule is COC(=O)C(C)(CC(C)N1CCC(C)(C)CC1)NC(C)C. The van der Waals surface area contributed by atoms with Crippen LogP contribution in [-0.2, 0) is 9.53 Å². The summed E-state index contributed by atoms with van der Waals surface area (Å²) < 4.78 is 5.02. The summed E-state index contributed by atoms with van der Waals surface area (Å²) in [5, 5.41) is 3.39. The molecule has 21 heavy (non-hydrogen) atoms. The van der Waals surface area contributed by atoms with Gasteiger partial charge in [0.25, 0.3) is 0 Å². The van der Waals surface area contributed by atoms with Crippen LogP contribution in [0.5, 0.6) is 0 Å². The zero-order valence-electron chi connectivity index (χ0n) is 15.0. The van der Waals surface area contributed by atoms with Gasteiger partial charge in [0, 0.05) is 12.1 Å². The highest BCUT2D eigenvalue weighted by molar-refractivity contribution is 5.80. The first-order valence-electron chi connectivity index (χ1n) is 8.20. The molecular weight excluding hydrogens is 264 g/mol. The molecular formula is C17H34N2O2. The Hall–Kier alpha value is -0.610. The van der Waals surface area contributed by atoms with E-state index < -0.39 is 5.54 Å². The van der Waals surface area contributed by atoms with E-state index in [0.717, 1.165) is 19.5 Å². The maximum Gasteiger partial charge on any atom is 0.325 e. The lowest BCUT2D eigenvalue weighted by Crippen LogP contribution is -2.56. The molecule has 0 aliphatic carbocycles. The second kappa shape index (κ2) is 7.10. The minimum absolute atomic E-state index is 0.166. The molecule has 1 saturated heterocycles. The first kappa shape index (κ1) is 18.4. The van der Waals surface area contributed by atoms with E-state index in [4.69, 9.17) is 4.74 Å². The van der Waals surface area contributed by atoms with Crippen LogP contribution in [0.25, 0.3) is 0 Å². The van der Waals surface area contributed by atoms with Crippen molar-refractivity contribution in [3.8, 4) is 0 Å². The summed E-state index contributed by atoms with van der Waals surface area (Å²) in [4.78, 5) is 14.7. The van der Waals surface area contributed by atoms with Crippen molar-refractivity contribution in [3.05, 3.63) is 0 Å². The number of nitrogens with zero attached hydrogens (tertiary/aromatic N) is 1. The zero-order chi connectivity index (χ0) is 16.3. The van der Waals surface area contributed by atoms with E-state index in [0.29, 0.717) is 11.5 Å². The highest BCUT2D eigenvalue weighted by Crippen LogP contribution is 2.31. The van der Waals surface area contributed by atoms with Crippen molar-refractivity contribution in [2.75, 3.05) is 20.2 Å². The van der Waals surface area contributed by atoms with Crippen LogP contribution in [0.2, 0.25) is 0 Å². The van der Waals surface area contributed by atoms with Crippen LogP contribution in [0.4, 0.5) is 0 Å². The first-order valence-corrected chi connectivity index (χ1v) is 8.20. The largest absolute Gasteiger partial charge is 0.468 e. The van der Waals surface area contributed by atoms with Crippen LogP contribution < -0.4 is 5.32 Å². The van der Waals surface area contributed by atoms with Crippen LogP contribution in [-0.4, -0.2) is 48.7 Å². The quantitative estimate of drug-likeness (QED) is 0.766. The molecule has 0 amide bonds. The number of hydrogen-bond donors (Lipinski definition) is 1. The van der Waals surface area contributed by atoms with E-state index in [2.05, 4.69) is 44.8 Å². The highest BCUT2D eigenvalue weighted by atomic mass is 16.5. The van der Waals surface area contributed by atoms with Crippen LogP contribution >= 0.6 is 0 Å². The molecule has 1 N–H and O–H groups in total. The van der Waals surface area contributed by atoms with Crippen LogP contribution in [0.3, 0.4) is 0 Å². The molecule has 4 nitrogen and oxygen atoms in total. The fourth-order valence-corrected chi connectivity index (χ4v) is 3.35. The Kier molecular flexibility index (Phi) is 6.23. The van der Waals surface area contributed by atoms with Gasteiger partial charge in [0.1, 0.15) is 5.54 Å². The van der Waals surface area contributed by atoms with Crippen LogP contribution in [0, 0.1) is 5.41 Å². The van der Waals surface area contributed by atoms with E-state index in [1.807, 2.05) is 6.92 Å². The standard InChI is InChI=1S/C17H34N2O2/c1-13(2)18-17(6,15(20)21-7)12-14(3)19-10-8-16(4,5)9-11-19/h13-14,18H,8-12H2,1-7H3. The summed E-state index contributed by atoms with van der Waals surface area (Å²) in [7, 11) is 1.47. The lowest BCUT2D eigenvalue weighted by atomic mass is 9.81. The molecule has 0 bridgehead atoms. The molecule has 4 heteroatoms. The Labute approximate surface area is 130 Å². The molecule has 0 aromatic rings. The monoisotopic (exact) mass is 298 g/mol. The first-order chi connectivity index (χ1) is 9.59. The fourth-order valence-electron chi connectivity index (χ4n) is 3.35. The van der Waals surface area contributed by atoms with Crippen LogP contribution in [0.1, 0.15) is 60.8 Å². The molecule has 124 valence electrons. The normalized spacial score (nSPS) is 23.6. The number of rotatable bonds is 6. The number of carbonyl (C=O) groups excluding carboxylic acids is 1. The Morgan fingerprint density at radius 2 is 1.81 bits per heavy atom. The second-order valence-electron chi connectivity index (χ2n) is 7.88. The van der Waals surface area contributed by atoms with Gasteiger partial charge in [0.15, 0.2) is 0 Å². The number of hydrogen-bond acceptors (Lipinski definition) is 4. The third kappa shape index (κ3) is 5.26. The average molecular weight is 298 g/mol. The molecule has 1 aliphatic rings. The Morgan fingerprint density at radius 3 is 2.24 bits per heavy atom. The average Bonchev–Trinajstić information content (AvgIpc) is 2.36. The molecule has 0 spiro atoms. The molecule has 1 rings (SSSR count). The molecule has 0 saturated carbocycles. The predicted molar refractivity (Wildman–Crippen MR) is 87.4 cm³/mol. The van der Waals surface area contributed by atoms with E-state index in [1.54, 1.807) is 0 Å².